The monoisotopic (exact) mass is 462 g/mol. The van der Waals surface area contributed by atoms with Crippen LogP contribution in [-0.4, -0.2) is 48.5 Å². The molecule has 0 radical (unpaired) electrons. The minimum Gasteiger partial charge on any atom is -0.466 e. The lowest BCUT2D eigenvalue weighted by atomic mass is 9.97. The van der Waals surface area contributed by atoms with Crippen molar-refractivity contribution < 1.29 is 18.7 Å². The molecule has 7 nitrogen and oxygen atoms in total. The molecule has 2 heterocycles. The number of rotatable bonds is 5. The maximum atomic E-state index is 13.0. The summed E-state index contributed by atoms with van der Waals surface area (Å²) in [5.74, 6) is -0.516. The van der Waals surface area contributed by atoms with Gasteiger partial charge in [-0.2, -0.15) is 0 Å². The van der Waals surface area contributed by atoms with Gasteiger partial charge in [-0.05, 0) is 49.4 Å². The predicted octanol–water partition coefficient (Wildman–Crippen LogP) is 4.60. The Bertz CT molecular complexity index is 1270. The largest absolute Gasteiger partial charge is 0.466 e. The highest BCUT2D eigenvalue weighted by Gasteiger charge is 2.30. The molecule has 1 fully saturated rings. The van der Waals surface area contributed by atoms with E-state index in [1.165, 1.54) is 6.07 Å². The fraction of sp³-hybridized carbons (Fsp3) is 0.370. The molecule has 4 rings (SSSR count). The lowest BCUT2D eigenvalue weighted by molar-refractivity contribution is -0.149. The van der Waals surface area contributed by atoms with E-state index < -0.39 is 5.63 Å². The summed E-state index contributed by atoms with van der Waals surface area (Å²) in [5, 5.41) is 0.847. The lowest BCUT2D eigenvalue weighted by Gasteiger charge is -2.34. The van der Waals surface area contributed by atoms with E-state index in [2.05, 4.69) is 0 Å². The minimum absolute atomic E-state index is 0.135. The van der Waals surface area contributed by atoms with Gasteiger partial charge in [0.05, 0.1) is 12.5 Å². The van der Waals surface area contributed by atoms with Crippen LogP contribution in [0.3, 0.4) is 0 Å². The standard InChI is InChI=1S/C27H30N2O5/c1-4-33-26(31)20-9-7-13-29(17-20)27(32)28(3)16-19-11-12-22-23(15-25(30)34-24(22)14-19)21-10-6-5-8-18(21)2/h5-6,8,10-12,14-15,20H,4,7,9,13,16-17H2,1-3H3/t20-/m0/s1. The predicted molar refractivity (Wildman–Crippen MR) is 130 cm³/mol. The zero-order valence-corrected chi connectivity index (χ0v) is 19.9. The first-order valence-corrected chi connectivity index (χ1v) is 11.7. The first-order valence-electron chi connectivity index (χ1n) is 11.7. The van der Waals surface area contributed by atoms with Crippen molar-refractivity contribution in [3.8, 4) is 11.1 Å². The average Bonchev–Trinajstić information content (AvgIpc) is 2.83. The quantitative estimate of drug-likeness (QED) is 0.409. The summed E-state index contributed by atoms with van der Waals surface area (Å²) in [5.41, 5.74) is 3.83. The van der Waals surface area contributed by atoms with Crippen LogP contribution in [0.1, 0.15) is 30.9 Å². The maximum absolute atomic E-state index is 13.0. The molecule has 0 N–H and O–H groups in total. The van der Waals surface area contributed by atoms with Gasteiger partial charge in [0.15, 0.2) is 0 Å². The Hall–Kier alpha value is -3.61. The molecule has 0 bridgehead atoms. The van der Waals surface area contributed by atoms with Crippen molar-refractivity contribution in [2.45, 2.75) is 33.2 Å². The van der Waals surface area contributed by atoms with Crippen molar-refractivity contribution in [1.29, 1.82) is 0 Å². The second-order valence-corrected chi connectivity index (χ2v) is 8.80. The third kappa shape index (κ3) is 4.98. The number of piperidine rings is 1. The highest BCUT2D eigenvalue weighted by molar-refractivity contribution is 5.94. The molecular weight excluding hydrogens is 432 g/mol. The van der Waals surface area contributed by atoms with Gasteiger partial charge < -0.3 is 19.0 Å². The van der Waals surface area contributed by atoms with Crippen LogP contribution in [0.25, 0.3) is 22.1 Å². The number of hydrogen-bond acceptors (Lipinski definition) is 5. The third-order valence-corrected chi connectivity index (χ3v) is 6.30. The van der Waals surface area contributed by atoms with Crippen LogP contribution in [-0.2, 0) is 16.1 Å². The number of carbonyl (C=O) groups is 2. The Labute approximate surface area is 198 Å². The number of hydrogen-bond donors (Lipinski definition) is 0. The normalized spacial score (nSPS) is 15.9. The Morgan fingerprint density at radius 2 is 1.94 bits per heavy atom. The molecule has 2 amide bonds. The van der Waals surface area contributed by atoms with Gasteiger partial charge in [-0.25, -0.2) is 9.59 Å². The Morgan fingerprint density at radius 1 is 1.15 bits per heavy atom. The van der Waals surface area contributed by atoms with Gasteiger partial charge in [0, 0.05) is 43.7 Å². The molecule has 2 aromatic carbocycles. The number of aryl methyl sites for hydroxylation is 1. The second-order valence-electron chi connectivity index (χ2n) is 8.80. The zero-order valence-electron chi connectivity index (χ0n) is 19.9. The summed E-state index contributed by atoms with van der Waals surface area (Å²) in [4.78, 5) is 40.8. The number of ether oxygens (including phenoxy) is 1. The fourth-order valence-corrected chi connectivity index (χ4v) is 4.59. The number of amides is 2. The number of carbonyl (C=O) groups excluding carboxylic acids is 2. The summed E-state index contributed by atoms with van der Waals surface area (Å²) >= 11 is 0. The molecule has 0 unspecified atom stereocenters. The molecule has 1 aromatic heterocycles. The van der Waals surface area contributed by atoms with Crippen LogP contribution < -0.4 is 5.63 Å². The molecule has 0 saturated carbocycles. The van der Waals surface area contributed by atoms with E-state index >= 15 is 0 Å². The number of likely N-dealkylation sites (tertiary alicyclic amines) is 1. The van der Waals surface area contributed by atoms with E-state index in [-0.39, 0.29) is 17.9 Å². The molecular formula is C27H30N2O5. The first kappa shape index (κ1) is 23.5. The van der Waals surface area contributed by atoms with Gasteiger partial charge in [0.25, 0.3) is 0 Å². The van der Waals surface area contributed by atoms with E-state index in [1.54, 1.807) is 23.8 Å². The number of nitrogens with zero attached hydrogens (tertiary/aromatic N) is 2. The van der Waals surface area contributed by atoms with Crippen molar-refractivity contribution in [2.75, 3.05) is 26.7 Å². The molecule has 1 aliphatic heterocycles. The second kappa shape index (κ2) is 10.1. The molecule has 1 atom stereocenters. The highest BCUT2D eigenvalue weighted by atomic mass is 16.5. The van der Waals surface area contributed by atoms with E-state index in [4.69, 9.17) is 9.15 Å². The maximum Gasteiger partial charge on any atom is 0.336 e. The summed E-state index contributed by atoms with van der Waals surface area (Å²) in [6.07, 6.45) is 1.51. The van der Waals surface area contributed by atoms with Crippen LogP contribution in [0.15, 0.2) is 57.7 Å². The SMILES string of the molecule is CCOC(=O)[C@H]1CCCN(C(=O)N(C)Cc2ccc3c(-c4ccccc4C)cc(=O)oc3c2)C1. The number of esters is 1. The molecule has 7 heteroatoms. The Morgan fingerprint density at radius 3 is 2.71 bits per heavy atom. The van der Waals surface area contributed by atoms with E-state index in [0.717, 1.165) is 40.5 Å². The summed E-state index contributed by atoms with van der Waals surface area (Å²) in [6.45, 7) is 5.48. The van der Waals surface area contributed by atoms with Crippen molar-refractivity contribution in [3.63, 3.8) is 0 Å². The van der Waals surface area contributed by atoms with Gasteiger partial charge in [0.1, 0.15) is 5.58 Å². The van der Waals surface area contributed by atoms with Crippen molar-refractivity contribution >= 4 is 23.0 Å². The van der Waals surface area contributed by atoms with Crippen LogP contribution in [0, 0.1) is 12.8 Å². The smallest absolute Gasteiger partial charge is 0.336 e. The first-order chi connectivity index (χ1) is 16.4. The zero-order chi connectivity index (χ0) is 24.2. The van der Waals surface area contributed by atoms with E-state index in [9.17, 15) is 14.4 Å². The highest BCUT2D eigenvalue weighted by Crippen LogP contribution is 2.30. The van der Waals surface area contributed by atoms with Gasteiger partial charge in [-0.1, -0.05) is 36.4 Å². The Balaban J connectivity index is 1.53. The van der Waals surface area contributed by atoms with Crippen LogP contribution in [0.5, 0.6) is 0 Å². The van der Waals surface area contributed by atoms with Crippen LogP contribution in [0.4, 0.5) is 4.79 Å². The summed E-state index contributed by atoms with van der Waals surface area (Å²) in [7, 11) is 1.74. The Kier molecular flexibility index (Phi) is 7.01. The molecule has 0 spiro atoms. The summed E-state index contributed by atoms with van der Waals surface area (Å²) < 4.78 is 10.6. The molecule has 34 heavy (non-hydrogen) atoms. The lowest BCUT2D eigenvalue weighted by Crippen LogP contribution is -2.47. The molecule has 1 saturated heterocycles. The molecule has 0 aliphatic carbocycles. The number of benzene rings is 2. The summed E-state index contributed by atoms with van der Waals surface area (Å²) in [6, 6.07) is 15.0. The van der Waals surface area contributed by atoms with Gasteiger partial charge in [-0.3, -0.25) is 4.79 Å². The van der Waals surface area contributed by atoms with Gasteiger partial charge in [0.2, 0.25) is 0 Å². The van der Waals surface area contributed by atoms with Crippen molar-refractivity contribution in [3.05, 3.63) is 70.1 Å². The van der Waals surface area contributed by atoms with Crippen LogP contribution >= 0.6 is 0 Å². The molecule has 178 valence electrons. The van der Waals surface area contributed by atoms with Crippen molar-refractivity contribution in [1.82, 2.24) is 9.80 Å². The molecule has 1 aliphatic rings. The fourth-order valence-electron chi connectivity index (χ4n) is 4.59. The van der Waals surface area contributed by atoms with Crippen molar-refractivity contribution in [2.24, 2.45) is 5.92 Å². The third-order valence-electron chi connectivity index (χ3n) is 6.30. The topological polar surface area (TPSA) is 80.1 Å². The van der Waals surface area contributed by atoms with Gasteiger partial charge >= 0.3 is 17.6 Å². The minimum atomic E-state index is -0.411. The average molecular weight is 463 g/mol. The molecule has 3 aromatic rings. The van der Waals surface area contributed by atoms with Crippen LogP contribution in [0.2, 0.25) is 0 Å². The number of fused-ring (bicyclic) bond motifs is 1. The van der Waals surface area contributed by atoms with E-state index in [0.29, 0.717) is 31.8 Å². The van der Waals surface area contributed by atoms with E-state index in [1.807, 2.05) is 49.4 Å². The number of urea groups is 1. The van der Waals surface area contributed by atoms with Gasteiger partial charge in [-0.15, -0.1) is 0 Å².